The second-order valence-electron chi connectivity index (χ2n) is 6.01. The number of amides is 1. The summed E-state index contributed by atoms with van der Waals surface area (Å²) >= 11 is 0. The Morgan fingerprint density at radius 1 is 1.50 bits per heavy atom. The lowest BCUT2D eigenvalue weighted by atomic mass is 9.81. The summed E-state index contributed by atoms with van der Waals surface area (Å²) in [6.07, 6.45) is 2.38. The van der Waals surface area contributed by atoms with E-state index in [4.69, 9.17) is 4.74 Å². The molecular formula is C13H24N2O3. The molecule has 2 rings (SSSR count). The highest BCUT2D eigenvalue weighted by atomic mass is 16.5. The molecule has 2 fully saturated rings. The van der Waals surface area contributed by atoms with E-state index in [-0.39, 0.29) is 17.4 Å². The Hall–Kier alpha value is -0.650. The molecule has 0 radical (unpaired) electrons. The number of carbonyl (C=O) groups is 1. The minimum Gasteiger partial charge on any atom is -0.382 e. The van der Waals surface area contributed by atoms with Gasteiger partial charge in [-0.3, -0.25) is 4.79 Å². The minimum absolute atomic E-state index is 0.0467. The summed E-state index contributed by atoms with van der Waals surface area (Å²) in [5.74, 6) is -0.271. The van der Waals surface area contributed by atoms with Gasteiger partial charge in [-0.05, 0) is 26.3 Å². The molecule has 5 nitrogen and oxygen atoms in total. The van der Waals surface area contributed by atoms with Crippen molar-refractivity contribution in [2.24, 2.45) is 5.92 Å². The van der Waals surface area contributed by atoms with E-state index in [1.807, 2.05) is 14.0 Å². The molecular weight excluding hydrogens is 232 g/mol. The van der Waals surface area contributed by atoms with Gasteiger partial charge in [-0.1, -0.05) is 6.92 Å². The van der Waals surface area contributed by atoms with Crippen molar-refractivity contribution < 1.29 is 14.6 Å². The Bertz CT molecular complexity index is 330. The van der Waals surface area contributed by atoms with Crippen LogP contribution in [0.5, 0.6) is 0 Å². The Morgan fingerprint density at radius 2 is 2.17 bits per heavy atom. The monoisotopic (exact) mass is 256 g/mol. The number of piperidine rings is 1. The van der Waals surface area contributed by atoms with E-state index < -0.39 is 5.60 Å². The molecule has 2 aliphatic rings. The van der Waals surface area contributed by atoms with Gasteiger partial charge in [-0.15, -0.1) is 0 Å². The van der Waals surface area contributed by atoms with Crippen molar-refractivity contribution in [1.29, 1.82) is 0 Å². The van der Waals surface area contributed by atoms with Gasteiger partial charge in [0.25, 0.3) is 5.91 Å². The molecule has 0 spiro atoms. The summed E-state index contributed by atoms with van der Waals surface area (Å²) in [6, 6.07) is 0. The van der Waals surface area contributed by atoms with Crippen LogP contribution in [-0.4, -0.2) is 60.9 Å². The fourth-order valence-electron chi connectivity index (χ4n) is 2.74. The van der Waals surface area contributed by atoms with Crippen molar-refractivity contribution in [2.45, 2.75) is 37.3 Å². The lowest BCUT2D eigenvalue weighted by Gasteiger charge is -2.41. The number of nitrogens with one attached hydrogen (secondary N) is 1. The fraction of sp³-hybridized carbons (Fsp3) is 0.923. The zero-order valence-electron chi connectivity index (χ0n) is 11.5. The summed E-state index contributed by atoms with van der Waals surface area (Å²) in [7, 11) is 3.65. The molecule has 18 heavy (non-hydrogen) atoms. The molecule has 1 heterocycles. The number of rotatable bonds is 4. The molecule has 0 aromatic heterocycles. The topological polar surface area (TPSA) is 61.8 Å². The predicted octanol–water partition coefficient (Wildman–Crippen LogP) is -0.0157. The van der Waals surface area contributed by atoms with E-state index >= 15 is 0 Å². The number of hydrogen-bond donors (Lipinski definition) is 2. The molecule has 0 unspecified atom stereocenters. The first kappa shape index (κ1) is 13.8. The number of aliphatic hydroxyl groups is 1. The van der Waals surface area contributed by atoms with Gasteiger partial charge < -0.3 is 20.1 Å². The summed E-state index contributed by atoms with van der Waals surface area (Å²) in [5, 5.41) is 13.6. The van der Waals surface area contributed by atoms with Crippen LogP contribution in [0.3, 0.4) is 0 Å². The van der Waals surface area contributed by atoms with Crippen LogP contribution in [0.25, 0.3) is 0 Å². The molecule has 2 atom stereocenters. The van der Waals surface area contributed by atoms with Crippen molar-refractivity contribution in [3.8, 4) is 0 Å². The zero-order valence-corrected chi connectivity index (χ0v) is 11.5. The second kappa shape index (κ2) is 4.79. The van der Waals surface area contributed by atoms with Crippen LogP contribution in [0.4, 0.5) is 0 Å². The van der Waals surface area contributed by atoms with Gasteiger partial charge in [0, 0.05) is 26.1 Å². The number of likely N-dealkylation sites (tertiary alicyclic amines) is 1. The maximum atomic E-state index is 12.3. The zero-order chi connectivity index (χ0) is 13.4. The van der Waals surface area contributed by atoms with E-state index in [0.29, 0.717) is 13.0 Å². The third-order valence-corrected chi connectivity index (χ3v) is 4.32. The van der Waals surface area contributed by atoms with Gasteiger partial charge in [0.05, 0.1) is 12.1 Å². The van der Waals surface area contributed by atoms with Gasteiger partial charge >= 0.3 is 0 Å². The Labute approximate surface area is 108 Å². The largest absolute Gasteiger partial charge is 0.382 e. The summed E-state index contributed by atoms with van der Waals surface area (Å²) in [4.78, 5) is 14.5. The Balaban J connectivity index is 1.99. The number of methoxy groups -OCH3 is 1. The second-order valence-corrected chi connectivity index (χ2v) is 6.01. The standard InChI is InChI=1S/C13H24N2O3/c1-10-8-15(2)7-6-13(10,17)11(16)14-12(4-5-12)9-18-3/h10,17H,4-9H2,1-3H3,(H,14,16)/t10-,13+/m1/s1. The van der Waals surface area contributed by atoms with Crippen LogP contribution in [0, 0.1) is 5.92 Å². The Kier molecular flexibility index (Phi) is 3.67. The molecule has 0 bridgehead atoms. The minimum atomic E-state index is -1.23. The van der Waals surface area contributed by atoms with Gasteiger partial charge in [-0.2, -0.15) is 0 Å². The molecule has 1 saturated carbocycles. The molecule has 1 saturated heterocycles. The molecule has 2 N–H and O–H groups in total. The van der Waals surface area contributed by atoms with Crippen LogP contribution in [-0.2, 0) is 9.53 Å². The third-order valence-electron chi connectivity index (χ3n) is 4.32. The van der Waals surface area contributed by atoms with Crippen molar-refractivity contribution >= 4 is 5.91 Å². The highest BCUT2D eigenvalue weighted by Crippen LogP contribution is 2.37. The average Bonchev–Trinajstić information content (AvgIpc) is 3.04. The summed E-state index contributed by atoms with van der Waals surface area (Å²) in [5.41, 5.74) is -1.44. The van der Waals surface area contributed by atoms with Gasteiger partial charge in [0.1, 0.15) is 5.60 Å². The number of carbonyl (C=O) groups excluding carboxylic acids is 1. The van der Waals surface area contributed by atoms with Crippen molar-refractivity contribution in [2.75, 3.05) is 33.9 Å². The molecule has 0 aromatic rings. The molecule has 1 aliphatic heterocycles. The van der Waals surface area contributed by atoms with Gasteiger partial charge in [-0.25, -0.2) is 0 Å². The third kappa shape index (κ3) is 2.53. The maximum absolute atomic E-state index is 12.3. The van der Waals surface area contributed by atoms with Crippen LogP contribution < -0.4 is 5.32 Å². The first-order chi connectivity index (χ1) is 8.42. The SMILES string of the molecule is COCC1(NC(=O)[C@]2(O)CCN(C)C[C@H]2C)CC1. The lowest BCUT2D eigenvalue weighted by molar-refractivity contribution is -0.152. The summed E-state index contributed by atoms with van der Waals surface area (Å²) < 4.78 is 5.13. The molecule has 1 amide bonds. The molecule has 104 valence electrons. The highest BCUT2D eigenvalue weighted by Gasteiger charge is 2.50. The van der Waals surface area contributed by atoms with Crippen LogP contribution >= 0.6 is 0 Å². The molecule has 5 heteroatoms. The first-order valence-electron chi connectivity index (χ1n) is 6.64. The van der Waals surface area contributed by atoms with Crippen LogP contribution in [0.15, 0.2) is 0 Å². The fourth-order valence-corrected chi connectivity index (χ4v) is 2.74. The normalized spacial score (nSPS) is 35.2. The van der Waals surface area contributed by atoms with Gasteiger partial charge in [0.15, 0.2) is 0 Å². The van der Waals surface area contributed by atoms with E-state index in [9.17, 15) is 9.90 Å². The van der Waals surface area contributed by atoms with Crippen molar-refractivity contribution in [3.05, 3.63) is 0 Å². The predicted molar refractivity (Wildman–Crippen MR) is 68.2 cm³/mol. The van der Waals surface area contributed by atoms with E-state index in [2.05, 4.69) is 10.2 Å². The Morgan fingerprint density at radius 3 is 2.67 bits per heavy atom. The van der Waals surface area contributed by atoms with Crippen LogP contribution in [0.1, 0.15) is 26.2 Å². The number of hydrogen-bond acceptors (Lipinski definition) is 4. The highest BCUT2D eigenvalue weighted by molar-refractivity contribution is 5.86. The van der Waals surface area contributed by atoms with Crippen molar-refractivity contribution in [3.63, 3.8) is 0 Å². The lowest BCUT2D eigenvalue weighted by Crippen LogP contribution is -2.60. The first-order valence-corrected chi connectivity index (χ1v) is 6.64. The van der Waals surface area contributed by atoms with Crippen molar-refractivity contribution in [1.82, 2.24) is 10.2 Å². The van der Waals surface area contributed by atoms with E-state index in [1.165, 1.54) is 0 Å². The van der Waals surface area contributed by atoms with Crippen LogP contribution in [0.2, 0.25) is 0 Å². The number of ether oxygens (including phenoxy) is 1. The summed E-state index contributed by atoms with van der Waals surface area (Å²) in [6.45, 7) is 3.97. The molecule has 0 aromatic carbocycles. The molecule has 1 aliphatic carbocycles. The average molecular weight is 256 g/mol. The van der Waals surface area contributed by atoms with E-state index in [1.54, 1.807) is 7.11 Å². The van der Waals surface area contributed by atoms with Gasteiger partial charge in [0.2, 0.25) is 0 Å². The number of nitrogens with zero attached hydrogens (tertiary/aromatic N) is 1. The smallest absolute Gasteiger partial charge is 0.252 e. The van der Waals surface area contributed by atoms with E-state index in [0.717, 1.165) is 25.9 Å². The quantitative estimate of drug-likeness (QED) is 0.742. The maximum Gasteiger partial charge on any atom is 0.252 e.